The molecule has 72 heavy (non-hydrogen) atoms. The Morgan fingerprint density at radius 3 is 1.00 bits per heavy atom. The molecule has 3 N–H and O–H groups in total. The first-order chi connectivity index (χ1) is 34.1. The van der Waals surface area contributed by atoms with E-state index in [1.54, 1.807) is 72.8 Å². The number of ether oxygens (including phenoxy) is 3. The van der Waals surface area contributed by atoms with E-state index in [1.165, 1.54) is 0 Å². The van der Waals surface area contributed by atoms with Crippen molar-refractivity contribution < 1.29 is 43.9 Å². The van der Waals surface area contributed by atoms with Gasteiger partial charge < -0.3 is 29.5 Å². The molecule has 0 bridgehead atoms. The van der Waals surface area contributed by atoms with Gasteiger partial charge in [-0.2, -0.15) is 0 Å². The summed E-state index contributed by atoms with van der Waals surface area (Å²) in [6.07, 6.45) is -1.21. The third-order valence-electron chi connectivity index (χ3n) is 13.7. The smallest absolute Gasteiger partial charge is 0.338 e. The normalized spacial score (nSPS) is 13.1. The molecule has 0 unspecified atom stereocenters. The molecule has 18 heteroatoms. The Balaban J connectivity index is 0.790. The van der Waals surface area contributed by atoms with Gasteiger partial charge in [-0.05, 0) is 124 Å². The van der Waals surface area contributed by atoms with E-state index in [4.69, 9.17) is 14.2 Å². The van der Waals surface area contributed by atoms with Gasteiger partial charge in [-0.25, -0.2) is 14.4 Å². The van der Waals surface area contributed by atoms with E-state index < -0.39 is 37.2 Å². The zero-order valence-corrected chi connectivity index (χ0v) is 41.2. The van der Waals surface area contributed by atoms with Crippen molar-refractivity contribution in [3.8, 4) is 34.3 Å². The van der Waals surface area contributed by atoms with Gasteiger partial charge in [0.25, 0.3) is 0 Å². The second-order valence-electron chi connectivity index (χ2n) is 21.8. The summed E-state index contributed by atoms with van der Waals surface area (Å²) in [6, 6.07) is 31.8. The summed E-state index contributed by atoms with van der Waals surface area (Å²) in [5.74, 6) is -1.78. The Labute approximate surface area is 410 Å². The van der Waals surface area contributed by atoms with Gasteiger partial charge in [0.05, 0.1) is 16.7 Å². The number of esters is 3. The summed E-state index contributed by atoms with van der Waals surface area (Å²) in [6.45, 7) is 18.0. The van der Waals surface area contributed by atoms with Gasteiger partial charge in [-0.1, -0.05) is 80.5 Å². The molecule has 0 saturated heterocycles. The summed E-state index contributed by atoms with van der Waals surface area (Å²) in [5, 5.41) is 32.4. The van der Waals surface area contributed by atoms with Gasteiger partial charge in [0.2, 0.25) is 0 Å². The average Bonchev–Trinajstić information content (AvgIpc) is 4.26. The number of rotatable bonds is 11. The van der Waals surface area contributed by atoms with Crippen LogP contribution in [0.2, 0.25) is 0 Å². The molecule has 0 saturated carbocycles. The first-order valence-corrected chi connectivity index (χ1v) is 23.8. The lowest BCUT2D eigenvalue weighted by atomic mass is 9.87. The van der Waals surface area contributed by atoms with Gasteiger partial charge in [0.15, 0.2) is 6.10 Å². The Hall–Kier alpha value is -8.67. The molecular weight excluding hydrogens is 919 g/mol. The summed E-state index contributed by atoms with van der Waals surface area (Å²) in [7, 11) is 0. The van der Waals surface area contributed by atoms with Crippen molar-refractivity contribution in [2.45, 2.75) is 84.7 Å². The number of phenols is 3. The molecule has 6 aromatic carbocycles. The number of hydrogen-bond acceptors (Lipinski definition) is 9. The molecule has 0 aliphatic carbocycles. The molecular formula is C54H53N9O9. The van der Waals surface area contributed by atoms with E-state index in [-0.39, 0.29) is 50.2 Å². The molecule has 368 valence electrons. The van der Waals surface area contributed by atoms with Gasteiger partial charge in [0.1, 0.15) is 80.6 Å². The van der Waals surface area contributed by atoms with E-state index in [9.17, 15) is 29.7 Å². The zero-order chi connectivity index (χ0) is 50.7. The van der Waals surface area contributed by atoms with Crippen LogP contribution < -0.4 is 0 Å². The molecule has 0 spiro atoms. The van der Waals surface area contributed by atoms with Crippen LogP contribution in [0, 0.1) is 0 Å². The predicted molar refractivity (Wildman–Crippen MR) is 267 cm³/mol. The van der Waals surface area contributed by atoms with Crippen LogP contribution in [-0.4, -0.2) is 94.7 Å². The largest absolute Gasteiger partial charge is 0.506 e. The molecule has 12 aromatic rings. The summed E-state index contributed by atoms with van der Waals surface area (Å²) in [5.41, 5.74) is 9.83. The molecule has 18 nitrogen and oxygen atoms in total. The lowest BCUT2D eigenvalue weighted by Crippen LogP contribution is -2.31. The van der Waals surface area contributed by atoms with Crippen LogP contribution in [0.1, 0.15) is 110 Å². The summed E-state index contributed by atoms with van der Waals surface area (Å²) >= 11 is 0. The molecule has 0 atom stereocenters. The molecule has 0 amide bonds. The lowest BCUT2D eigenvalue weighted by molar-refractivity contribution is -0.0253. The summed E-state index contributed by atoms with van der Waals surface area (Å²) in [4.78, 5) is 46.8. The molecule has 12 rings (SSSR count). The molecule has 0 fully saturated rings. The van der Waals surface area contributed by atoms with Gasteiger partial charge in [0, 0.05) is 0 Å². The minimum absolute atomic E-state index is 0.107. The van der Waals surface area contributed by atoms with Crippen LogP contribution in [-0.2, 0) is 30.5 Å². The maximum atomic E-state index is 14.0. The fourth-order valence-corrected chi connectivity index (χ4v) is 9.31. The maximum Gasteiger partial charge on any atom is 0.338 e. The number of aromatic nitrogens is 9. The minimum Gasteiger partial charge on any atom is -0.506 e. The second-order valence-corrected chi connectivity index (χ2v) is 21.8. The van der Waals surface area contributed by atoms with Crippen LogP contribution >= 0.6 is 0 Å². The average molecular weight is 972 g/mol. The van der Waals surface area contributed by atoms with Crippen molar-refractivity contribution in [2.75, 3.05) is 13.2 Å². The molecule has 0 radical (unpaired) electrons. The lowest BCUT2D eigenvalue weighted by Gasteiger charge is -2.19. The molecule has 6 heterocycles. The highest BCUT2D eigenvalue weighted by molar-refractivity contribution is 5.97. The number of phenolic OH excluding ortho intramolecular Hbond substituents is 3. The van der Waals surface area contributed by atoms with E-state index in [1.807, 2.05) is 78.6 Å². The first kappa shape index (κ1) is 44.5. The Morgan fingerprint density at radius 1 is 0.403 bits per heavy atom. The van der Waals surface area contributed by atoms with Crippen LogP contribution in [0.5, 0.6) is 17.2 Å². The van der Waals surface area contributed by atoms with Crippen molar-refractivity contribution in [3.63, 3.8) is 0 Å². The Kier molecular flexibility index (Phi) is 9.23. The van der Waals surface area contributed by atoms with Gasteiger partial charge in [-0.15, -0.1) is 42.2 Å². The fourth-order valence-electron chi connectivity index (χ4n) is 9.31. The topological polar surface area (TPSA) is 181 Å². The minimum atomic E-state index is -1.21. The Morgan fingerprint density at radius 2 is 0.694 bits per heavy atom. The van der Waals surface area contributed by atoms with Crippen LogP contribution in [0.25, 0.3) is 50.2 Å². The van der Waals surface area contributed by atoms with Crippen LogP contribution in [0.3, 0.4) is 0 Å². The number of carbonyl (C=O) groups excluding carboxylic acids is 3. The maximum absolute atomic E-state index is 14.0. The number of nitrogens with zero attached hydrogens (tertiary/aromatic N) is 9. The predicted octanol–water partition coefficient (Wildman–Crippen LogP) is 9.14. The van der Waals surface area contributed by atoms with Crippen LogP contribution in [0.4, 0.5) is 0 Å². The van der Waals surface area contributed by atoms with Crippen molar-refractivity contribution in [1.29, 1.82) is 0 Å². The second kappa shape index (κ2) is 14.9. The monoisotopic (exact) mass is 971 g/mol. The van der Waals surface area contributed by atoms with E-state index in [2.05, 4.69) is 62.3 Å². The van der Waals surface area contributed by atoms with Gasteiger partial charge in [-0.3, -0.25) is 0 Å². The fraction of sp³-hybridized carbons (Fsp3) is 0.278. The van der Waals surface area contributed by atoms with E-state index in [0.29, 0.717) is 22.6 Å². The molecule has 0 aliphatic rings. The quantitative estimate of drug-likeness (QED) is 0.0842. The van der Waals surface area contributed by atoms with Crippen molar-refractivity contribution in [2.24, 2.45) is 0 Å². The highest BCUT2D eigenvalue weighted by Gasteiger charge is 2.33. The third-order valence-corrected chi connectivity index (χ3v) is 13.7. The molecule has 0 aliphatic heterocycles. The highest BCUT2D eigenvalue weighted by Crippen LogP contribution is 2.38. The Bertz CT molecular complexity index is 3910. The van der Waals surface area contributed by atoms with E-state index >= 15 is 0 Å². The highest BCUT2D eigenvalue weighted by atomic mass is 16.6. The van der Waals surface area contributed by atoms with Crippen molar-refractivity contribution in [3.05, 3.63) is 143 Å². The number of hydrogen-bond donors (Lipinski definition) is 3. The number of fused-ring (bicyclic) bond motifs is 12. The zero-order valence-electron chi connectivity index (χ0n) is 41.2. The van der Waals surface area contributed by atoms with Gasteiger partial charge >= 0.3 is 17.9 Å². The third kappa shape index (κ3) is 6.94. The van der Waals surface area contributed by atoms with E-state index in [0.717, 1.165) is 44.3 Å². The van der Waals surface area contributed by atoms with Crippen molar-refractivity contribution in [1.82, 2.24) is 42.2 Å². The SMILES string of the molecule is CC(C)(C)c1ccc(O)c(-n2n3c4ccc(C(=O)OCC(COC(=O)c5ccc6c(c5)n5n(-c7cc(C(C)(C)C)ccc7O)n65)OC(=O)c5ccc6c(c5)n5n(-c7cc(C(C)(C)C)ccc7O)n65)cc4n23)c1. The summed E-state index contributed by atoms with van der Waals surface area (Å²) < 4.78 is 28.6. The van der Waals surface area contributed by atoms with Crippen molar-refractivity contribution >= 4 is 51.0 Å². The van der Waals surface area contributed by atoms with Crippen LogP contribution in [0.15, 0.2) is 109 Å². The number of carbonyl (C=O) groups is 3. The first-order valence-electron chi connectivity index (χ1n) is 23.8. The molecule has 6 aromatic heterocycles. The number of aromatic hydroxyl groups is 3. The standard InChI is InChI=1S/C54H53N9O9/c1-52(2,3)33-13-19-46(64)43(25-33)61-55-37-16-10-30(22-40(37)58(55)61)49(67)70-28-36(72-51(69)32-12-18-39-42(24-32)60-57(39)63(60)45-27-35(54(7,8)9)15-21-48(45)66)29-71-50(68)31-11-17-38-41(23-31)59-56(38)62(59)44-26-34(53(4,5)6)14-20-47(44)65/h10-27,36,64-66H,28-29H2,1-9H3. The number of benzene rings is 6.